The monoisotopic (exact) mass is 497 g/mol. The fourth-order valence-electron chi connectivity index (χ4n) is 4.98. The summed E-state index contributed by atoms with van der Waals surface area (Å²) in [6, 6.07) is 6.96. The summed E-state index contributed by atoms with van der Waals surface area (Å²) in [7, 11) is 1.72. The van der Waals surface area contributed by atoms with Gasteiger partial charge in [-0.1, -0.05) is 0 Å². The predicted octanol–water partition coefficient (Wildman–Crippen LogP) is 3.76. The third-order valence-electron chi connectivity index (χ3n) is 7.11. The fraction of sp³-hybridized carbons (Fsp3) is 0.615. The maximum absolute atomic E-state index is 14.7. The zero-order valence-electron chi connectivity index (χ0n) is 21.1. The topological polar surface area (TPSA) is 117 Å². The van der Waals surface area contributed by atoms with Crippen LogP contribution in [0.4, 0.5) is 16.0 Å². The molecule has 9 nitrogen and oxygen atoms in total. The fourth-order valence-corrected chi connectivity index (χ4v) is 4.98. The van der Waals surface area contributed by atoms with Gasteiger partial charge in [0.2, 0.25) is 0 Å². The molecule has 0 aromatic carbocycles. The Labute approximate surface area is 212 Å². The number of anilines is 2. The van der Waals surface area contributed by atoms with Gasteiger partial charge in [0, 0.05) is 56.6 Å². The van der Waals surface area contributed by atoms with Crippen LogP contribution in [0.15, 0.2) is 24.7 Å². The molecular formula is C26H36FN7O2. The first-order chi connectivity index (χ1) is 17.5. The number of nitriles is 1. The highest BCUT2D eigenvalue weighted by Gasteiger charge is 2.32. The molecule has 0 spiro atoms. The van der Waals surface area contributed by atoms with Crippen molar-refractivity contribution in [3.8, 4) is 17.3 Å². The Morgan fingerprint density at radius 1 is 1.14 bits per heavy atom. The van der Waals surface area contributed by atoms with Crippen molar-refractivity contribution in [2.45, 2.75) is 63.6 Å². The maximum Gasteiger partial charge on any atom is 0.151 e. The number of halogens is 1. The number of aromatic nitrogens is 3. The predicted molar refractivity (Wildman–Crippen MR) is 136 cm³/mol. The van der Waals surface area contributed by atoms with Crippen LogP contribution in [0.5, 0.6) is 0 Å². The van der Waals surface area contributed by atoms with Crippen LogP contribution in [-0.4, -0.2) is 66.6 Å². The van der Waals surface area contributed by atoms with Gasteiger partial charge < -0.3 is 25.4 Å². The summed E-state index contributed by atoms with van der Waals surface area (Å²) in [5, 5.41) is 20.0. The summed E-state index contributed by atoms with van der Waals surface area (Å²) in [6.45, 7) is 4.45. The molecular weight excluding hydrogens is 461 g/mol. The molecule has 194 valence electrons. The lowest BCUT2D eigenvalue weighted by Gasteiger charge is -2.31. The highest BCUT2D eigenvalue weighted by molar-refractivity contribution is 5.65. The van der Waals surface area contributed by atoms with Gasteiger partial charge in [-0.15, -0.1) is 0 Å². The lowest BCUT2D eigenvalue weighted by atomic mass is 9.82. The molecule has 1 atom stereocenters. The Bertz CT molecular complexity index is 1030. The summed E-state index contributed by atoms with van der Waals surface area (Å²) < 4.78 is 25.4. The van der Waals surface area contributed by atoms with E-state index in [4.69, 9.17) is 9.47 Å². The van der Waals surface area contributed by atoms with Crippen LogP contribution in [0.2, 0.25) is 0 Å². The van der Waals surface area contributed by atoms with Gasteiger partial charge in [-0.2, -0.15) is 5.26 Å². The van der Waals surface area contributed by atoms with Gasteiger partial charge in [0.25, 0.3) is 0 Å². The number of pyridine rings is 1. The van der Waals surface area contributed by atoms with Crippen molar-refractivity contribution in [1.29, 1.82) is 5.26 Å². The quantitative estimate of drug-likeness (QED) is 0.451. The third-order valence-corrected chi connectivity index (χ3v) is 7.11. The summed E-state index contributed by atoms with van der Waals surface area (Å²) >= 11 is 0. The molecule has 4 rings (SSSR count). The van der Waals surface area contributed by atoms with E-state index in [1.807, 2.05) is 0 Å². The van der Waals surface area contributed by atoms with Crippen LogP contribution in [0.1, 0.15) is 45.4 Å². The van der Waals surface area contributed by atoms with Crippen LogP contribution in [-0.2, 0) is 9.47 Å². The number of hydrogen-bond donors (Lipinski definition) is 3. The summed E-state index contributed by atoms with van der Waals surface area (Å²) in [6.07, 6.45) is 8.15. The molecule has 2 fully saturated rings. The molecule has 1 saturated carbocycles. The van der Waals surface area contributed by atoms with E-state index in [0.29, 0.717) is 74.2 Å². The highest BCUT2D eigenvalue weighted by atomic mass is 19.1. The molecule has 3 N–H and O–H groups in total. The lowest BCUT2D eigenvalue weighted by molar-refractivity contribution is 0.0455. The van der Waals surface area contributed by atoms with Gasteiger partial charge in [-0.05, 0) is 51.5 Å². The largest absolute Gasteiger partial charge is 0.383 e. The van der Waals surface area contributed by atoms with Crippen molar-refractivity contribution < 1.29 is 13.9 Å². The minimum absolute atomic E-state index is 0.288. The minimum Gasteiger partial charge on any atom is -0.383 e. The Kier molecular flexibility index (Phi) is 9.02. The number of rotatable bonds is 10. The summed E-state index contributed by atoms with van der Waals surface area (Å²) in [5.74, 6) is 0.748. The third kappa shape index (κ3) is 6.87. The molecule has 1 saturated heterocycles. The van der Waals surface area contributed by atoms with Crippen LogP contribution < -0.4 is 16.0 Å². The summed E-state index contributed by atoms with van der Waals surface area (Å²) in [5.41, 5.74) is 0.342. The molecule has 0 radical (unpaired) electrons. The molecule has 10 heteroatoms. The maximum atomic E-state index is 14.7. The van der Waals surface area contributed by atoms with E-state index in [1.165, 1.54) is 12.5 Å². The van der Waals surface area contributed by atoms with E-state index in [0.717, 1.165) is 25.7 Å². The van der Waals surface area contributed by atoms with E-state index in [-0.39, 0.29) is 6.04 Å². The number of hydrogen-bond acceptors (Lipinski definition) is 9. The second-order valence-corrected chi connectivity index (χ2v) is 9.91. The van der Waals surface area contributed by atoms with E-state index in [1.54, 1.807) is 19.2 Å². The first-order valence-electron chi connectivity index (χ1n) is 12.7. The smallest absolute Gasteiger partial charge is 0.151 e. The van der Waals surface area contributed by atoms with Crippen LogP contribution in [0, 0.1) is 22.6 Å². The number of methoxy groups -OCH3 is 1. The van der Waals surface area contributed by atoms with Crippen molar-refractivity contribution in [1.82, 2.24) is 20.3 Å². The standard InChI is InChI=1S/C26H36FN7O2/c1-18(14-35-2)33-19-3-5-20(6-4-19)34-25-11-21(22(27)13-29-25)23-12-24(32-17-31-23)30-16-26(15-28)7-9-36-10-8-26/h11-13,17-20,33H,3-10,14,16H2,1-2H3,(H,29,34)(H,30,31,32)/t18-,19?,20?/m1/s1. The number of nitrogens with zero attached hydrogens (tertiary/aromatic N) is 4. The zero-order chi connectivity index (χ0) is 25.4. The zero-order valence-corrected chi connectivity index (χ0v) is 21.1. The molecule has 0 unspecified atom stereocenters. The minimum atomic E-state index is -0.487. The van der Waals surface area contributed by atoms with E-state index >= 15 is 0 Å². The summed E-state index contributed by atoms with van der Waals surface area (Å²) in [4.78, 5) is 12.8. The van der Waals surface area contributed by atoms with Crippen LogP contribution in [0.3, 0.4) is 0 Å². The molecule has 36 heavy (non-hydrogen) atoms. The van der Waals surface area contributed by atoms with Crippen LogP contribution in [0.25, 0.3) is 11.3 Å². The molecule has 3 heterocycles. The van der Waals surface area contributed by atoms with Gasteiger partial charge in [0.1, 0.15) is 18.0 Å². The molecule has 1 aliphatic heterocycles. The average Bonchev–Trinajstić information content (AvgIpc) is 2.90. The lowest BCUT2D eigenvalue weighted by Crippen LogP contribution is -2.42. The first-order valence-corrected chi connectivity index (χ1v) is 12.7. The molecule has 2 aromatic rings. The molecule has 2 aliphatic rings. The van der Waals surface area contributed by atoms with Crippen molar-refractivity contribution in [3.63, 3.8) is 0 Å². The Morgan fingerprint density at radius 3 is 2.61 bits per heavy atom. The normalized spacial score (nSPS) is 22.4. The molecule has 1 aliphatic carbocycles. The average molecular weight is 498 g/mol. The molecule has 0 amide bonds. The van der Waals surface area contributed by atoms with E-state index < -0.39 is 11.2 Å². The van der Waals surface area contributed by atoms with Crippen molar-refractivity contribution in [2.24, 2.45) is 5.41 Å². The van der Waals surface area contributed by atoms with Crippen molar-refractivity contribution in [2.75, 3.05) is 44.1 Å². The Morgan fingerprint density at radius 2 is 1.89 bits per heavy atom. The SMILES string of the molecule is COC[C@@H](C)NC1CCC(Nc2cc(-c3cc(NCC4(C#N)CCOCC4)ncn3)c(F)cn2)CC1. The van der Waals surface area contributed by atoms with Gasteiger partial charge in [-0.3, -0.25) is 0 Å². The second kappa shape index (κ2) is 12.4. The van der Waals surface area contributed by atoms with Crippen molar-refractivity contribution in [3.05, 3.63) is 30.5 Å². The molecule has 2 aromatic heterocycles. The van der Waals surface area contributed by atoms with Gasteiger partial charge >= 0.3 is 0 Å². The van der Waals surface area contributed by atoms with Gasteiger partial charge in [-0.25, -0.2) is 19.3 Å². The van der Waals surface area contributed by atoms with Crippen LogP contribution >= 0.6 is 0 Å². The van der Waals surface area contributed by atoms with Gasteiger partial charge in [0.15, 0.2) is 5.82 Å². The first kappa shape index (κ1) is 26.2. The highest BCUT2D eigenvalue weighted by Crippen LogP contribution is 2.31. The number of ether oxygens (including phenoxy) is 2. The van der Waals surface area contributed by atoms with E-state index in [9.17, 15) is 9.65 Å². The number of nitrogens with one attached hydrogen (secondary N) is 3. The Balaban J connectivity index is 1.37. The van der Waals surface area contributed by atoms with Crippen molar-refractivity contribution >= 4 is 11.6 Å². The molecule has 0 bridgehead atoms. The van der Waals surface area contributed by atoms with Gasteiger partial charge in [0.05, 0.1) is 30.0 Å². The second-order valence-electron chi connectivity index (χ2n) is 9.91. The van der Waals surface area contributed by atoms with E-state index in [2.05, 4.69) is 43.9 Å². The Hall–Kier alpha value is -2.87.